The number of aliphatic hydroxyl groups excluding tert-OH is 1. The first-order valence-corrected chi connectivity index (χ1v) is 7.56. The maximum absolute atomic E-state index is 9.60. The van der Waals surface area contributed by atoms with Crippen molar-refractivity contribution in [1.82, 2.24) is 0 Å². The Morgan fingerprint density at radius 1 is 1.32 bits per heavy atom. The van der Waals surface area contributed by atoms with Gasteiger partial charge in [0.05, 0.1) is 0 Å². The van der Waals surface area contributed by atoms with E-state index in [1.807, 2.05) is 32.9 Å². The highest BCUT2D eigenvalue weighted by molar-refractivity contribution is 9.10. The van der Waals surface area contributed by atoms with Crippen LogP contribution >= 0.6 is 15.9 Å². The molecule has 1 rings (SSSR count). The van der Waals surface area contributed by atoms with E-state index >= 15 is 0 Å². The van der Waals surface area contributed by atoms with Crippen LogP contribution in [0.5, 0.6) is 0 Å². The van der Waals surface area contributed by atoms with Crippen LogP contribution in [0.25, 0.3) is 0 Å². The van der Waals surface area contributed by atoms with Gasteiger partial charge in [0.25, 0.3) is 6.47 Å². The zero-order chi connectivity index (χ0) is 18.0. The molecule has 0 spiro atoms. The molecule has 0 aromatic heterocycles. The standard InChI is InChI=1S/C9H11BrO.C5H10O2.C2H2.CH5N/c10-9-5-1-3-8(7-9)4-2-6-11;1-5(2,3)7-4-6;2*1-2/h1,3,5,7,11H,2,4,6H2;4H,1-3H3;1-2H;2H2,1H3. The van der Waals surface area contributed by atoms with Crippen LogP contribution in [0.3, 0.4) is 0 Å². The molecule has 1 aromatic carbocycles. The Hall–Kier alpha value is -1.35. The normalized spacial score (nSPS) is 8.77. The molecular weight excluding hydrogens is 346 g/mol. The third-order valence-corrected chi connectivity index (χ3v) is 2.41. The van der Waals surface area contributed by atoms with Gasteiger partial charge in [0.2, 0.25) is 0 Å². The van der Waals surface area contributed by atoms with Gasteiger partial charge in [0.1, 0.15) is 5.60 Å². The second-order valence-corrected chi connectivity index (χ2v) is 5.70. The molecule has 0 fully saturated rings. The first-order chi connectivity index (χ1) is 10.4. The number of nitrogens with two attached hydrogens (primary N) is 1. The first kappa shape index (κ1) is 25.6. The smallest absolute Gasteiger partial charge is 0.293 e. The van der Waals surface area contributed by atoms with Crippen LogP contribution < -0.4 is 5.73 Å². The van der Waals surface area contributed by atoms with Crippen LogP contribution in [0.15, 0.2) is 28.7 Å². The van der Waals surface area contributed by atoms with E-state index in [0.29, 0.717) is 6.47 Å². The summed E-state index contributed by atoms with van der Waals surface area (Å²) in [4.78, 5) is 9.60. The molecule has 0 saturated heterocycles. The minimum absolute atomic E-state index is 0.270. The van der Waals surface area contributed by atoms with Crippen molar-refractivity contribution in [2.24, 2.45) is 5.73 Å². The molecule has 3 N–H and O–H groups in total. The van der Waals surface area contributed by atoms with Crippen LogP contribution in [0, 0.1) is 12.8 Å². The molecular formula is C17H28BrNO3. The maximum atomic E-state index is 9.60. The molecule has 22 heavy (non-hydrogen) atoms. The third kappa shape index (κ3) is 21.0. The average Bonchev–Trinajstić information content (AvgIpc) is 2.49. The SMILES string of the molecule is C#C.CC(C)(C)OC=O.CN.OCCCc1cccc(Br)c1. The van der Waals surface area contributed by atoms with E-state index in [4.69, 9.17) is 5.11 Å². The second-order valence-electron chi connectivity index (χ2n) is 4.78. The Labute approximate surface area is 143 Å². The summed E-state index contributed by atoms with van der Waals surface area (Å²) in [5, 5.41) is 8.59. The van der Waals surface area contributed by atoms with Gasteiger partial charge in [-0.05, 0) is 58.4 Å². The van der Waals surface area contributed by atoms with E-state index in [9.17, 15) is 4.79 Å². The van der Waals surface area contributed by atoms with Gasteiger partial charge in [-0.1, -0.05) is 28.1 Å². The van der Waals surface area contributed by atoms with E-state index in [2.05, 4.69) is 51.4 Å². The minimum atomic E-state index is -0.318. The van der Waals surface area contributed by atoms with Crippen LogP contribution in [-0.2, 0) is 16.0 Å². The number of halogens is 1. The Morgan fingerprint density at radius 3 is 2.18 bits per heavy atom. The molecule has 126 valence electrons. The molecule has 0 heterocycles. The van der Waals surface area contributed by atoms with Gasteiger partial charge in [0, 0.05) is 11.1 Å². The summed E-state index contributed by atoms with van der Waals surface area (Å²) in [6.45, 7) is 6.19. The fourth-order valence-corrected chi connectivity index (χ4v) is 1.57. The Balaban J connectivity index is -0.000000285. The quantitative estimate of drug-likeness (QED) is 0.627. The molecule has 0 unspecified atom stereocenters. The summed E-state index contributed by atoms with van der Waals surface area (Å²) in [5.74, 6) is 0. The summed E-state index contributed by atoms with van der Waals surface area (Å²) < 4.78 is 5.65. The number of terminal acetylenes is 1. The van der Waals surface area contributed by atoms with E-state index in [-0.39, 0.29) is 12.2 Å². The number of hydrogen-bond acceptors (Lipinski definition) is 4. The highest BCUT2D eigenvalue weighted by Gasteiger charge is 2.07. The summed E-state index contributed by atoms with van der Waals surface area (Å²) in [6.07, 6.45) is 9.80. The average molecular weight is 374 g/mol. The van der Waals surface area contributed by atoms with Gasteiger partial charge in [0.15, 0.2) is 0 Å². The zero-order valence-electron chi connectivity index (χ0n) is 13.9. The molecule has 0 aliphatic rings. The Morgan fingerprint density at radius 2 is 1.86 bits per heavy atom. The Kier molecular flexibility index (Phi) is 20.6. The molecule has 0 aliphatic carbocycles. The fraction of sp³-hybridized carbons (Fsp3) is 0.471. The highest BCUT2D eigenvalue weighted by atomic mass is 79.9. The highest BCUT2D eigenvalue weighted by Crippen LogP contribution is 2.12. The zero-order valence-corrected chi connectivity index (χ0v) is 15.5. The number of carbonyl (C=O) groups is 1. The summed E-state index contributed by atoms with van der Waals surface area (Å²) in [7, 11) is 1.50. The number of hydrogen-bond donors (Lipinski definition) is 2. The largest absolute Gasteiger partial charge is 0.462 e. The van der Waals surface area contributed by atoms with Gasteiger partial charge >= 0.3 is 0 Å². The molecule has 1 aromatic rings. The summed E-state index contributed by atoms with van der Waals surface area (Å²) in [5.41, 5.74) is 5.45. The molecule has 0 saturated carbocycles. The van der Waals surface area contributed by atoms with Crippen molar-refractivity contribution in [3.8, 4) is 12.8 Å². The van der Waals surface area contributed by atoms with E-state index in [0.717, 1.165) is 17.3 Å². The fourth-order valence-electron chi connectivity index (χ4n) is 1.12. The van der Waals surface area contributed by atoms with Crippen LogP contribution in [0.2, 0.25) is 0 Å². The van der Waals surface area contributed by atoms with Crippen molar-refractivity contribution in [1.29, 1.82) is 0 Å². The molecule has 0 atom stereocenters. The van der Waals surface area contributed by atoms with Crippen molar-refractivity contribution < 1.29 is 14.6 Å². The number of aryl methyl sites for hydroxylation is 1. The van der Waals surface area contributed by atoms with Gasteiger partial charge < -0.3 is 15.6 Å². The van der Waals surface area contributed by atoms with E-state index in [1.165, 1.54) is 12.6 Å². The van der Waals surface area contributed by atoms with Gasteiger partial charge in [-0.2, -0.15) is 0 Å². The Bertz CT molecular complexity index is 387. The molecule has 0 aliphatic heterocycles. The predicted molar refractivity (Wildman–Crippen MR) is 96.5 cm³/mol. The summed E-state index contributed by atoms with van der Waals surface area (Å²) >= 11 is 3.39. The van der Waals surface area contributed by atoms with Crippen LogP contribution in [0.4, 0.5) is 0 Å². The van der Waals surface area contributed by atoms with E-state index < -0.39 is 0 Å². The lowest BCUT2D eigenvalue weighted by Crippen LogP contribution is -2.17. The number of carbonyl (C=O) groups excluding carboxylic acids is 1. The molecule has 0 amide bonds. The third-order valence-electron chi connectivity index (χ3n) is 1.91. The van der Waals surface area contributed by atoms with Crippen molar-refractivity contribution >= 4 is 22.4 Å². The van der Waals surface area contributed by atoms with Crippen molar-refractivity contribution in [2.75, 3.05) is 13.7 Å². The number of aliphatic hydroxyl groups is 1. The number of benzene rings is 1. The maximum Gasteiger partial charge on any atom is 0.293 e. The molecule has 0 bridgehead atoms. The summed E-state index contributed by atoms with van der Waals surface area (Å²) in [6, 6.07) is 8.16. The van der Waals surface area contributed by atoms with Crippen LogP contribution in [0.1, 0.15) is 32.8 Å². The molecule has 4 nitrogen and oxygen atoms in total. The monoisotopic (exact) mass is 373 g/mol. The van der Waals surface area contributed by atoms with Crippen molar-refractivity contribution in [3.05, 3.63) is 34.3 Å². The number of rotatable bonds is 4. The van der Waals surface area contributed by atoms with Gasteiger partial charge in [-0.15, -0.1) is 12.8 Å². The minimum Gasteiger partial charge on any atom is -0.462 e. The van der Waals surface area contributed by atoms with Crippen molar-refractivity contribution in [3.63, 3.8) is 0 Å². The molecule has 5 heteroatoms. The molecule has 0 radical (unpaired) electrons. The van der Waals surface area contributed by atoms with Crippen LogP contribution in [-0.4, -0.2) is 30.8 Å². The lowest BCUT2D eigenvalue weighted by molar-refractivity contribution is -0.138. The topological polar surface area (TPSA) is 72.5 Å². The number of ether oxygens (including phenoxy) is 1. The predicted octanol–water partition coefficient (Wildman–Crippen LogP) is 3.16. The van der Waals surface area contributed by atoms with E-state index in [1.54, 1.807) is 0 Å². The second kappa shape index (κ2) is 17.7. The lowest BCUT2D eigenvalue weighted by atomic mass is 10.1. The van der Waals surface area contributed by atoms with Gasteiger partial charge in [-0.3, -0.25) is 4.79 Å². The first-order valence-electron chi connectivity index (χ1n) is 6.77. The lowest BCUT2D eigenvalue weighted by Gasteiger charge is -2.14. The van der Waals surface area contributed by atoms with Gasteiger partial charge in [-0.25, -0.2) is 0 Å². The van der Waals surface area contributed by atoms with Crippen molar-refractivity contribution in [2.45, 2.75) is 39.2 Å².